The van der Waals surface area contributed by atoms with Crippen LogP contribution in [0.4, 0.5) is 0 Å². The fourth-order valence-corrected chi connectivity index (χ4v) is 2.26. The summed E-state index contributed by atoms with van der Waals surface area (Å²) in [5, 5.41) is 17.6. The van der Waals surface area contributed by atoms with Crippen molar-refractivity contribution in [1.82, 2.24) is 0 Å². The van der Waals surface area contributed by atoms with Gasteiger partial charge in [0.05, 0.1) is 18.1 Å². The van der Waals surface area contributed by atoms with E-state index in [9.17, 15) is 4.79 Å². The highest BCUT2D eigenvalue weighted by Gasteiger charge is 2.10. The number of carbonyl (C=O) groups is 1. The number of benzene rings is 1. The van der Waals surface area contributed by atoms with Crippen LogP contribution in [0.2, 0.25) is 0 Å². The third-order valence-corrected chi connectivity index (χ3v) is 3.12. The summed E-state index contributed by atoms with van der Waals surface area (Å²) in [5.74, 6) is -0.911. The Labute approximate surface area is 102 Å². The number of aryl methyl sites for hydroxylation is 1. The molecular weight excluding hydrogens is 305 g/mol. The van der Waals surface area contributed by atoms with Gasteiger partial charge in [0.2, 0.25) is 0 Å². The summed E-state index contributed by atoms with van der Waals surface area (Å²) in [5.41, 5.74) is 2.14. The van der Waals surface area contributed by atoms with E-state index in [1.807, 2.05) is 13.0 Å². The van der Waals surface area contributed by atoms with Crippen LogP contribution < -0.4 is 0 Å². The van der Waals surface area contributed by atoms with Gasteiger partial charge in [-0.15, -0.1) is 0 Å². The molecule has 1 aromatic carbocycles. The zero-order chi connectivity index (χ0) is 11.4. The molecule has 0 radical (unpaired) electrons. The smallest absolute Gasteiger partial charge is 0.307 e. The predicted octanol–water partition coefficient (Wildman–Crippen LogP) is 2.35. The summed E-state index contributed by atoms with van der Waals surface area (Å²) in [4.78, 5) is 10.6. The largest absolute Gasteiger partial charge is 0.481 e. The van der Waals surface area contributed by atoms with Crippen molar-refractivity contribution in [3.05, 3.63) is 32.4 Å². The first-order valence-corrected chi connectivity index (χ1v) is 5.59. The summed E-state index contributed by atoms with van der Waals surface area (Å²) < 4.78 is 1.02. The second-order valence-electron chi connectivity index (χ2n) is 3.14. The quantitative estimate of drug-likeness (QED) is 0.871. The number of aliphatic carboxylic acids is 1. The lowest BCUT2D eigenvalue weighted by molar-refractivity contribution is -0.136. The second-order valence-corrected chi connectivity index (χ2v) is 4.30. The molecule has 1 N–H and O–H groups in total. The third-order valence-electron chi connectivity index (χ3n) is 2.12. The van der Waals surface area contributed by atoms with Gasteiger partial charge in [-0.05, 0) is 52.3 Å². The van der Waals surface area contributed by atoms with Crippen molar-refractivity contribution in [3.8, 4) is 6.07 Å². The van der Waals surface area contributed by atoms with Crippen molar-refractivity contribution < 1.29 is 9.90 Å². The Balaban J connectivity index is 3.22. The minimum absolute atomic E-state index is 0.0944. The lowest BCUT2D eigenvalue weighted by atomic mass is 10.0. The number of carboxylic acid groups (broad SMARTS) is 1. The van der Waals surface area contributed by atoms with Crippen molar-refractivity contribution in [3.63, 3.8) is 0 Å². The minimum Gasteiger partial charge on any atom is -0.481 e. The van der Waals surface area contributed by atoms with Crippen molar-refractivity contribution in [2.45, 2.75) is 19.8 Å². The number of hydrogen-bond acceptors (Lipinski definition) is 2. The number of halogens is 1. The van der Waals surface area contributed by atoms with Crippen LogP contribution in [0.5, 0.6) is 0 Å². The normalized spacial score (nSPS) is 9.67. The van der Waals surface area contributed by atoms with Gasteiger partial charge in [0.25, 0.3) is 0 Å². The maximum atomic E-state index is 10.6. The maximum absolute atomic E-state index is 10.6. The Morgan fingerprint density at radius 2 is 2.20 bits per heavy atom. The molecule has 0 fully saturated rings. The van der Waals surface area contributed by atoms with Gasteiger partial charge in [-0.1, -0.05) is 6.92 Å². The summed E-state index contributed by atoms with van der Waals surface area (Å²) in [7, 11) is 0. The molecular formula is C11H10INO2. The third kappa shape index (κ3) is 2.93. The van der Waals surface area contributed by atoms with Gasteiger partial charge in [-0.25, -0.2) is 0 Å². The highest BCUT2D eigenvalue weighted by atomic mass is 127. The molecule has 4 heteroatoms. The first-order chi connectivity index (χ1) is 7.08. The molecule has 0 bridgehead atoms. The van der Waals surface area contributed by atoms with Crippen LogP contribution in [-0.4, -0.2) is 11.1 Å². The molecule has 0 heterocycles. The first-order valence-electron chi connectivity index (χ1n) is 4.51. The number of rotatable bonds is 3. The van der Waals surface area contributed by atoms with Gasteiger partial charge in [0.1, 0.15) is 0 Å². The van der Waals surface area contributed by atoms with Gasteiger partial charge in [-0.2, -0.15) is 5.26 Å². The highest BCUT2D eigenvalue weighted by Crippen LogP contribution is 2.19. The van der Waals surface area contributed by atoms with Crippen LogP contribution in [0, 0.1) is 14.9 Å². The molecule has 0 spiro atoms. The maximum Gasteiger partial charge on any atom is 0.307 e. The van der Waals surface area contributed by atoms with Gasteiger partial charge >= 0.3 is 5.97 Å². The van der Waals surface area contributed by atoms with E-state index in [1.165, 1.54) is 0 Å². The lowest BCUT2D eigenvalue weighted by Gasteiger charge is -2.06. The van der Waals surface area contributed by atoms with Crippen LogP contribution >= 0.6 is 22.6 Å². The number of nitriles is 1. The fraction of sp³-hybridized carbons (Fsp3) is 0.273. The van der Waals surface area contributed by atoms with Crippen LogP contribution in [0.25, 0.3) is 0 Å². The first kappa shape index (κ1) is 12.0. The molecule has 0 atom stereocenters. The number of nitrogens with zero attached hydrogens (tertiary/aromatic N) is 1. The molecule has 0 aliphatic carbocycles. The standard InChI is InChI=1S/C11H10INO2/c1-2-7-3-9(6-13)8(4-10(7)12)5-11(14)15/h3-4H,2,5H2,1H3,(H,14,15). The minimum atomic E-state index is -0.911. The monoisotopic (exact) mass is 315 g/mol. The Morgan fingerprint density at radius 3 is 2.67 bits per heavy atom. The van der Waals surface area contributed by atoms with Crippen molar-refractivity contribution >= 4 is 28.6 Å². The Kier molecular flexibility index (Phi) is 4.09. The van der Waals surface area contributed by atoms with Crippen LogP contribution in [0.1, 0.15) is 23.6 Å². The molecule has 1 aromatic rings. The van der Waals surface area contributed by atoms with Crippen LogP contribution in [-0.2, 0) is 17.6 Å². The summed E-state index contributed by atoms with van der Waals surface area (Å²) in [6.07, 6.45) is 0.753. The highest BCUT2D eigenvalue weighted by molar-refractivity contribution is 14.1. The van der Waals surface area contributed by atoms with E-state index in [2.05, 4.69) is 22.6 Å². The molecule has 15 heavy (non-hydrogen) atoms. The molecule has 0 amide bonds. The fourth-order valence-electron chi connectivity index (χ4n) is 1.34. The van der Waals surface area contributed by atoms with E-state index in [4.69, 9.17) is 10.4 Å². The molecule has 0 saturated carbocycles. The molecule has 0 saturated heterocycles. The van der Waals surface area contributed by atoms with E-state index in [0.717, 1.165) is 15.6 Å². The average Bonchev–Trinajstić information content (AvgIpc) is 2.17. The molecule has 0 unspecified atom stereocenters. The zero-order valence-electron chi connectivity index (χ0n) is 8.25. The summed E-state index contributed by atoms with van der Waals surface area (Å²) >= 11 is 2.16. The number of hydrogen-bond donors (Lipinski definition) is 1. The Bertz CT molecular complexity index is 435. The van der Waals surface area contributed by atoms with Crippen molar-refractivity contribution in [2.24, 2.45) is 0 Å². The van der Waals surface area contributed by atoms with E-state index in [0.29, 0.717) is 11.1 Å². The van der Waals surface area contributed by atoms with Crippen LogP contribution in [0.15, 0.2) is 12.1 Å². The molecule has 0 aromatic heterocycles. The van der Waals surface area contributed by atoms with E-state index < -0.39 is 5.97 Å². The molecule has 3 nitrogen and oxygen atoms in total. The predicted molar refractivity (Wildman–Crippen MR) is 64.6 cm³/mol. The van der Waals surface area contributed by atoms with E-state index in [-0.39, 0.29) is 6.42 Å². The average molecular weight is 315 g/mol. The SMILES string of the molecule is CCc1cc(C#N)c(CC(=O)O)cc1I. The molecule has 78 valence electrons. The van der Waals surface area contributed by atoms with Gasteiger partial charge in [0, 0.05) is 3.57 Å². The van der Waals surface area contributed by atoms with E-state index >= 15 is 0 Å². The number of carboxylic acids is 1. The molecule has 1 rings (SSSR count). The van der Waals surface area contributed by atoms with Crippen molar-refractivity contribution in [2.75, 3.05) is 0 Å². The van der Waals surface area contributed by atoms with Crippen LogP contribution in [0.3, 0.4) is 0 Å². The molecule has 0 aliphatic heterocycles. The van der Waals surface area contributed by atoms with Gasteiger partial charge in [-0.3, -0.25) is 4.79 Å². The second kappa shape index (κ2) is 5.12. The van der Waals surface area contributed by atoms with Gasteiger partial charge < -0.3 is 5.11 Å². The Hall–Kier alpha value is -1.09. The van der Waals surface area contributed by atoms with E-state index in [1.54, 1.807) is 12.1 Å². The topological polar surface area (TPSA) is 61.1 Å². The zero-order valence-corrected chi connectivity index (χ0v) is 10.4. The Morgan fingerprint density at radius 1 is 1.53 bits per heavy atom. The van der Waals surface area contributed by atoms with Crippen molar-refractivity contribution in [1.29, 1.82) is 5.26 Å². The molecule has 0 aliphatic rings. The summed E-state index contributed by atoms with van der Waals surface area (Å²) in [6.45, 7) is 2.01. The summed E-state index contributed by atoms with van der Waals surface area (Å²) in [6, 6.07) is 5.60. The van der Waals surface area contributed by atoms with Gasteiger partial charge in [0.15, 0.2) is 0 Å². The lowest BCUT2D eigenvalue weighted by Crippen LogP contribution is -2.04.